The number of benzene rings is 1. The van der Waals surface area contributed by atoms with Crippen molar-refractivity contribution in [3.8, 4) is 0 Å². The van der Waals surface area contributed by atoms with Crippen molar-refractivity contribution in [2.45, 2.75) is 32.7 Å². The molecule has 0 aliphatic rings. The molecule has 0 saturated heterocycles. The van der Waals surface area contributed by atoms with Crippen LogP contribution in [0.5, 0.6) is 0 Å². The maximum atomic E-state index is 11.9. The molecule has 108 valence electrons. The summed E-state index contributed by atoms with van der Waals surface area (Å²) in [5.41, 5.74) is 7.97. The van der Waals surface area contributed by atoms with Crippen molar-refractivity contribution in [3.05, 3.63) is 36.0 Å². The Morgan fingerprint density at radius 1 is 1.35 bits per heavy atom. The second kappa shape index (κ2) is 7.10. The summed E-state index contributed by atoms with van der Waals surface area (Å²) in [6, 6.07) is 8.16. The molecule has 2 aromatic rings. The zero-order chi connectivity index (χ0) is 14.4. The second-order valence-corrected chi connectivity index (χ2v) is 5.04. The van der Waals surface area contributed by atoms with Gasteiger partial charge in [-0.3, -0.25) is 4.79 Å². The molecule has 20 heavy (non-hydrogen) atoms. The smallest absolute Gasteiger partial charge is 0.239 e. The lowest BCUT2D eigenvalue weighted by molar-refractivity contribution is -0.121. The van der Waals surface area contributed by atoms with Gasteiger partial charge < -0.3 is 15.6 Å². The Bertz CT molecular complexity index is 574. The number of para-hydroxylation sites is 1. The summed E-state index contributed by atoms with van der Waals surface area (Å²) < 4.78 is 2.02. The molecule has 3 N–H and O–H groups in total. The zero-order valence-corrected chi connectivity index (χ0v) is 12.1. The normalized spacial score (nSPS) is 10.9. The van der Waals surface area contributed by atoms with Gasteiger partial charge in [-0.05, 0) is 31.0 Å². The number of hydrogen-bond acceptors (Lipinski definition) is 2. The fourth-order valence-electron chi connectivity index (χ4n) is 2.42. The van der Waals surface area contributed by atoms with Crippen molar-refractivity contribution in [2.75, 3.05) is 13.1 Å². The van der Waals surface area contributed by atoms with E-state index in [4.69, 9.17) is 5.73 Å². The van der Waals surface area contributed by atoms with Crippen molar-refractivity contribution < 1.29 is 4.79 Å². The Balaban J connectivity index is 2.15. The molecule has 0 bridgehead atoms. The minimum Gasteiger partial charge on any atom is -0.355 e. The minimum absolute atomic E-state index is 0.0681. The molecule has 0 spiro atoms. The number of carbonyl (C=O) groups excluding carboxylic acids is 1. The van der Waals surface area contributed by atoms with Crippen molar-refractivity contribution in [1.29, 1.82) is 0 Å². The van der Waals surface area contributed by atoms with E-state index in [9.17, 15) is 4.79 Å². The van der Waals surface area contributed by atoms with E-state index in [0.29, 0.717) is 13.1 Å². The third-order valence-corrected chi connectivity index (χ3v) is 3.45. The van der Waals surface area contributed by atoms with Crippen LogP contribution in [-0.4, -0.2) is 23.6 Å². The number of nitrogens with two attached hydrogens (primary N) is 1. The molecule has 0 radical (unpaired) electrons. The first-order chi connectivity index (χ1) is 9.76. The van der Waals surface area contributed by atoms with Gasteiger partial charge in [0.15, 0.2) is 0 Å². The summed E-state index contributed by atoms with van der Waals surface area (Å²) in [5.74, 6) is 0.0681. The molecule has 2 rings (SSSR count). The van der Waals surface area contributed by atoms with E-state index in [1.807, 2.05) is 16.7 Å². The molecule has 4 heteroatoms. The summed E-state index contributed by atoms with van der Waals surface area (Å²) in [5, 5.41) is 4.15. The fraction of sp³-hybridized carbons (Fsp3) is 0.438. The van der Waals surface area contributed by atoms with Crippen LogP contribution in [0, 0.1) is 0 Å². The molecule has 0 atom stereocenters. The first-order valence-corrected chi connectivity index (χ1v) is 7.29. The SMILES string of the molecule is CCCCNC(=O)Cn1cc(CCN)c2ccccc21. The molecule has 0 aliphatic carbocycles. The Morgan fingerprint density at radius 3 is 2.90 bits per heavy atom. The van der Waals surface area contributed by atoms with E-state index in [2.05, 4.69) is 30.6 Å². The van der Waals surface area contributed by atoms with E-state index in [1.54, 1.807) is 0 Å². The third kappa shape index (κ3) is 3.39. The molecular weight excluding hydrogens is 250 g/mol. The summed E-state index contributed by atoms with van der Waals surface area (Å²) in [6.07, 6.45) is 5.01. The van der Waals surface area contributed by atoms with Crippen LogP contribution in [0.25, 0.3) is 10.9 Å². The van der Waals surface area contributed by atoms with Gasteiger partial charge in [0.2, 0.25) is 5.91 Å². The number of nitrogens with one attached hydrogen (secondary N) is 1. The van der Waals surface area contributed by atoms with Crippen LogP contribution < -0.4 is 11.1 Å². The average Bonchev–Trinajstić information content (AvgIpc) is 2.78. The van der Waals surface area contributed by atoms with Gasteiger partial charge in [0.25, 0.3) is 0 Å². The van der Waals surface area contributed by atoms with Crippen molar-refractivity contribution in [1.82, 2.24) is 9.88 Å². The lowest BCUT2D eigenvalue weighted by Crippen LogP contribution is -2.28. The lowest BCUT2D eigenvalue weighted by atomic mass is 10.1. The predicted octanol–water partition coefficient (Wildman–Crippen LogP) is 2.06. The molecule has 1 amide bonds. The molecule has 4 nitrogen and oxygen atoms in total. The highest BCUT2D eigenvalue weighted by molar-refractivity contribution is 5.86. The highest BCUT2D eigenvalue weighted by atomic mass is 16.1. The number of unbranched alkanes of at least 4 members (excludes halogenated alkanes) is 1. The van der Waals surface area contributed by atoms with Gasteiger partial charge in [-0.1, -0.05) is 31.5 Å². The highest BCUT2D eigenvalue weighted by Crippen LogP contribution is 2.21. The number of nitrogens with zero attached hydrogens (tertiary/aromatic N) is 1. The Morgan fingerprint density at radius 2 is 2.15 bits per heavy atom. The minimum atomic E-state index is 0.0681. The molecule has 0 saturated carbocycles. The summed E-state index contributed by atoms with van der Waals surface area (Å²) in [7, 11) is 0. The molecule has 1 aromatic heterocycles. The third-order valence-electron chi connectivity index (χ3n) is 3.45. The van der Waals surface area contributed by atoms with Crippen molar-refractivity contribution in [3.63, 3.8) is 0 Å². The van der Waals surface area contributed by atoms with Crippen molar-refractivity contribution >= 4 is 16.8 Å². The van der Waals surface area contributed by atoms with Crippen LogP contribution in [0.1, 0.15) is 25.3 Å². The molecular formula is C16H23N3O. The van der Waals surface area contributed by atoms with Crippen LogP contribution in [-0.2, 0) is 17.8 Å². The maximum Gasteiger partial charge on any atom is 0.239 e. The lowest BCUT2D eigenvalue weighted by Gasteiger charge is -2.06. The monoisotopic (exact) mass is 273 g/mol. The van der Waals surface area contributed by atoms with Crippen LogP contribution in [0.15, 0.2) is 30.5 Å². The van der Waals surface area contributed by atoms with Crippen molar-refractivity contribution in [2.24, 2.45) is 5.73 Å². The highest BCUT2D eigenvalue weighted by Gasteiger charge is 2.10. The fourth-order valence-corrected chi connectivity index (χ4v) is 2.42. The Kier molecular flexibility index (Phi) is 5.18. The van der Waals surface area contributed by atoms with Gasteiger partial charge in [-0.2, -0.15) is 0 Å². The molecule has 1 aromatic carbocycles. The van der Waals surface area contributed by atoms with Gasteiger partial charge in [-0.25, -0.2) is 0 Å². The average molecular weight is 273 g/mol. The number of amides is 1. The van der Waals surface area contributed by atoms with E-state index < -0.39 is 0 Å². The Hall–Kier alpha value is -1.81. The van der Waals surface area contributed by atoms with E-state index >= 15 is 0 Å². The molecule has 0 fully saturated rings. The molecule has 0 aliphatic heterocycles. The van der Waals surface area contributed by atoms with Crippen LogP contribution in [0.3, 0.4) is 0 Å². The Labute approximate surface area is 120 Å². The predicted molar refractivity (Wildman–Crippen MR) is 82.6 cm³/mol. The van der Waals surface area contributed by atoms with Crippen LogP contribution in [0.2, 0.25) is 0 Å². The van der Waals surface area contributed by atoms with Crippen LogP contribution in [0.4, 0.5) is 0 Å². The van der Waals surface area contributed by atoms with Gasteiger partial charge in [-0.15, -0.1) is 0 Å². The quantitative estimate of drug-likeness (QED) is 0.759. The summed E-state index contributed by atoms with van der Waals surface area (Å²) in [6.45, 7) is 3.86. The zero-order valence-electron chi connectivity index (χ0n) is 12.1. The second-order valence-electron chi connectivity index (χ2n) is 5.04. The largest absolute Gasteiger partial charge is 0.355 e. The molecule has 0 unspecified atom stereocenters. The number of hydrogen-bond donors (Lipinski definition) is 2. The van der Waals surface area contributed by atoms with Gasteiger partial charge in [0.05, 0.1) is 0 Å². The summed E-state index contributed by atoms with van der Waals surface area (Å²) in [4.78, 5) is 11.9. The topological polar surface area (TPSA) is 60.0 Å². The first-order valence-electron chi connectivity index (χ1n) is 7.29. The standard InChI is InChI=1S/C16H23N3O/c1-2-3-10-18-16(20)12-19-11-13(8-9-17)14-6-4-5-7-15(14)19/h4-7,11H,2-3,8-10,12,17H2,1H3,(H,18,20). The van der Waals surface area contributed by atoms with Gasteiger partial charge >= 0.3 is 0 Å². The van der Waals surface area contributed by atoms with E-state index in [-0.39, 0.29) is 5.91 Å². The maximum absolute atomic E-state index is 11.9. The number of fused-ring (bicyclic) bond motifs is 1. The summed E-state index contributed by atoms with van der Waals surface area (Å²) >= 11 is 0. The number of rotatable bonds is 7. The van der Waals surface area contributed by atoms with Gasteiger partial charge in [0.1, 0.15) is 6.54 Å². The van der Waals surface area contributed by atoms with Crippen LogP contribution >= 0.6 is 0 Å². The first kappa shape index (κ1) is 14.6. The van der Waals surface area contributed by atoms with E-state index in [1.165, 1.54) is 10.9 Å². The molecule has 1 heterocycles. The number of carbonyl (C=O) groups is 1. The number of aromatic nitrogens is 1. The van der Waals surface area contributed by atoms with E-state index in [0.717, 1.165) is 31.3 Å². The van der Waals surface area contributed by atoms with Gasteiger partial charge in [0, 0.05) is 23.6 Å².